The summed E-state index contributed by atoms with van der Waals surface area (Å²) in [6.07, 6.45) is 3.27. The number of carbonyl (C=O) groups excluding carboxylic acids is 1. The van der Waals surface area contributed by atoms with Gasteiger partial charge in [0.25, 0.3) is 0 Å². The highest BCUT2D eigenvalue weighted by atomic mass is 16.4. The minimum absolute atomic E-state index is 0.000677. The lowest BCUT2D eigenvalue weighted by atomic mass is 9.91. The summed E-state index contributed by atoms with van der Waals surface area (Å²) >= 11 is 0. The fraction of sp³-hybridized carbons (Fsp3) is 0.636. The van der Waals surface area contributed by atoms with Crippen LogP contribution >= 0.6 is 0 Å². The predicted octanol–water partition coefficient (Wildman–Crippen LogP) is 1.07. The van der Waals surface area contributed by atoms with E-state index in [1.54, 1.807) is 6.08 Å². The number of nitrogens with one attached hydrogen (secondary N) is 1. The number of nitrogens with zero attached hydrogens (tertiary/aromatic N) is 1. The summed E-state index contributed by atoms with van der Waals surface area (Å²) in [6, 6.07) is -1.03. The van der Waals surface area contributed by atoms with E-state index >= 15 is 0 Å². The van der Waals surface area contributed by atoms with E-state index in [9.17, 15) is 9.59 Å². The quantitative estimate of drug-likeness (QED) is 0.707. The Morgan fingerprint density at radius 1 is 1.62 bits per heavy atom. The van der Waals surface area contributed by atoms with Crippen molar-refractivity contribution in [2.24, 2.45) is 5.92 Å². The Labute approximate surface area is 95.1 Å². The molecule has 1 rings (SSSR count). The minimum Gasteiger partial charge on any atom is -0.480 e. The molecule has 0 aliphatic carbocycles. The largest absolute Gasteiger partial charge is 0.480 e. The van der Waals surface area contributed by atoms with Crippen LogP contribution in [0.25, 0.3) is 0 Å². The number of carbonyl (C=O) groups is 2. The standard InChI is InChI=1S/C11H18N2O3/c1-3-6-12-11(16)13-7-4-5-8(2)9(13)10(14)15/h3,8-9H,1,4-7H2,2H3,(H,12,16)(H,14,15). The number of rotatable bonds is 3. The van der Waals surface area contributed by atoms with Crippen molar-refractivity contribution >= 4 is 12.0 Å². The summed E-state index contributed by atoms with van der Waals surface area (Å²) in [4.78, 5) is 24.2. The maximum atomic E-state index is 11.7. The molecule has 0 spiro atoms. The van der Waals surface area contributed by atoms with Crippen molar-refractivity contribution in [3.63, 3.8) is 0 Å². The van der Waals surface area contributed by atoms with Gasteiger partial charge in [-0.05, 0) is 18.8 Å². The lowest BCUT2D eigenvalue weighted by molar-refractivity contribution is -0.145. The minimum atomic E-state index is -0.930. The topological polar surface area (TPSA) is 69.6 Å². The van der Waals surface area contributed by atoms with E-state index in [0.717, 1.165) is 12.8 Å². The number of carboxylic acids is 1. The number of urea groups is 1. The number of hydrogen-bond acceptors (Lipinski definition) is 2. The van der Waals surface area contributed by atoms with E-state index in [1.165, 1.54) is 4.90 Å². The molecule has 1 saturated heterocycles. The maximum absolute atomic E-state index is 11.7. The molecule has 5 nitrogen and oxygen atoms in total. The van der Waals surface area contributed by atoms with Gasteiger partial charge in [0.15, 0.2) is 0 Å². The van der Waals surface area contributed by atoms with E-state index in [4.69, 9.17) is 5.11 Å². The van der Waals surface area contributed by atoms with Gasteiger partial charge in [-0.1, -0.05) is 13.0 Å². The molecule has 0 saturated carbocycles. The van der Waals surface area contributed by atoms with Gasteiger partial charge >= 0.3 is 12.0 Å². The van der Waals surface area contributed by atoms with Gasteiger partial charge in [0.1, 0.15) is 6.04 Å². The number of amides is 2. The van der Waals surface area contributed by atoms with Crippen molar-refractivity contribution in [1.29, 1.82) is 0 Å². The Morgan fingerprint density at radius 3 is 2.88 bits per heavy atom. The van der Waals surface area contributed by atoms with Gasteiger partial charge in [-0.15, -0.1) is 6.58 Å². The van der Waals surface area contributed by atoms with Crippen LogP contribution in [0.15, 0.2) is 12.7 Å². The third-order valence-corrected chi connectivity index (χ3v) is 2.84. The second-order valence-electron chi connectivity index (χ2n) is 4.07. The first kappa shape index (κ1) is 12.5. The zero-order valence-electron chi connectivity index (χ0n) is 9.48. The second-order valence-corrected chi connectivity index (χ2v) is 4.07. The van der Waals surface area contributed by atoms with Gasteiger partial charge in [0, 0.05) is 13.1 Å². The first-order valence-corrected chi connectivity index (χ1v) is 5.46. The predicted molar refractivity (Wildman–Crippen MR) is 60.1 cm³/mol. The smallest absolute Gasteiger partial charge is 0.326 e. The summed E-state index contributed by atoms with van der Waals surface area (Å²) in [5.41, 5.74) is 0. The number of likely N-dealkylation sites (tertiary alicyclic amines) is 1. The number of hydrogen-bond donors (Lipinski definition) is 2. The zero-order valence-corrected chi connectivity index (χ0v) is 9.48. The molecule has 0 aromatic rings. The second kappa shape index (κ2) is 5.53. The number of carboxylic acid groups (broad SMARTS) is 1. The Balaban J connectivity index is 2.70. The van der Waals surface area contributed by atoms with Crippen LogP contribution in [0.2, 0.25) is 0 Å². The monoisotopic (exact) mass is 226 g/mol. The summed E-state index contributed by atoms with van der Waals surface area (Å²) in [6.45, 7) is 6.23. The zero-order chi connectivity index (χ0) is 12.1. The average molecular weight is 226 g/mol. The molecule has 2 N–H and O–H groups in total. The Bertz CT molecular complexity index is 291. The van der Waals surface area contributed by atoms with Gasteiger partial charge in [-0.3, -0.25) is 0 Å². The van der Waals surface area contributed by atoms with Crippen LogP contribution in [0.3, 0.4) is 0 Å². The fourth-order valence-corrected chi connectivity index (χ4v) is 2.05. The van der Waals surface area contributed by atoms with E-state index in [-0.39, 0.29) is 11.9 Å². The van der Waals surface area contributed by atoms with E-state index in [0.29, 0.717) is 13.1 Å². The number of aliphatic carboxylic acids is 1. The first-order valence-electron chi connectivity index (χ1n) is 5.46. The molecule has 0 bridgehead atoms. The average Bonchev–Trinajstić information content (AvgIpc) is 2.24. The molecule has 1 aliphatic heterocycles. The Kier molecular flexibility index (Phi) is 4.34. The molecular weight excluding hydrogens is 208 g/mol. The van der Waals surface area contributed by atoms with Crippen molar-refractivity contribution in [3.8, 4) is 0 Å². The summed E-state index contributed by atoms with van der Waals surface area (Å²) in [7, 11) is 0. The highest BCUT2D eigenvalue weighted by molar-refractivity contribution is 5.83. The number of piperidine rings is 1. The highest BCUT2D eigenvalue weighted by Gasteiger charge is 2.36. The molecule has 1 aliphatic rings. The van der Waals surface area contributed by atoms with Crippen LogP contribution in [0.4, 0.5) is 4.79 Å². The maximum Gasteiger partial charge on any atom is 0.326 e. The molecule has 2 atom stereocenters. The van der Waals surface area contributed by atoms with Gasteiger partial charge in [0.05, 0.1) is 0 Å². The van der Waals surface area contributed by atoms with E-state index < -0.39 is 12.0 Å². The first-order chi connectivity index (χ1) is 7.57. The van der Waals surface area contributed by atoms with Crippen LogP contribution in [0.1, 0.15) is 19.8 Å². The van der Waals surface area contributed by atoms with Crippen molar-refractivity contribution in [1.82, 2.24) is 10.2 Å². The summed E-state index contributed by atoms with van der Waals surface area (Å²) < 4.78 is 0. The fourth-order valence-electron chi connectivity index (χ4n) is 2.05. The highest BCUT2D eigenvalue weighted by Crippen LogP contribution is 2.23. The van der Waals surface area contributed by atoms with Crippen LogP contribution in [0, 0.1) is 5.92 Å². The molecule has 0 aromatic carbocycles. The van der Waals surface area contributed by atoms with Crippen LogP contribution in [-0.2, 0) is 4.79 Å². The Hall–Kier alpha value is -1.52. The summed E-state index contributed by atoms with van der Waals surface area (Å²) in [5, 5.41) is 11.7. The molecule has 1 fully saturated rings. The van der Waals surface area contributed by atoms with Gasteiger partial charge in [0.2, 0.25) is 0 Å². The van der Waals surface area contributed by atoms with Crippen molar-refractivity contribution < 1.29 is 14.7 Å². The lowest BCUT2D eigenvalue weighted by Gasteiger charge is -2.37. The summed E-state index contributed by atoms with van der Waals surface area (Å²) in [5.74, 6) is -0.929. The van der Waals surface area contributed by atoms with Crippen molar-refractivity contribution in [2.45, 2.75) is 25.8 Å². The van der Waals surface area contributed by atoms with Crippen LogP contribution in [0.5, 0.6) is 0 Å². The van der Waals surface area contributed by atoms with Crippen molar-refractivity contribution in [3.05, 3.63) is 12.7 Å². The normalized spacial score (nSPS) is 24.9. The van der Waals surface area contributed by atoms with Gasteiger partial charge < -0.3 is 15.3 Å². The molecule has 0 radical (unpaired) electrons. The van der Waals surface area contributed by atoms with Crippen molar-refractivity contribution in [2.75, 3.05) is 13.1 Å². The van der Waals surface area contributed by atoms with Gasteiger partial charge in [-0.25, -0.2) is 9.59 Å². The van der Waals surface area contributed by atoms with E-state index in [1.807, 2.05) is 6.92 Å². The molecule has 2 amide bonds. The van der Waals surface area contributed by atoms with E-state index in [2.05, 4.69) is 11.9 Å². The third kappa shape index (κ3) is 2.74. The molecule has 2 unspecified atom stereocenters. The lowest BCUT2D eigenvalue weighted by Crippen LogP contribution is -2.55. The molecule has 1 heterocycles. The molecule has 0 aromatic heterocycles. The van der Waals surface area contributed by atoms with Crippen LogP contribution < -0.4 is 5.32 Å². The molecule has 5 heteroatoms. The van der Waals surface area contributed by atoms with Gasteiger partial charge in [-0.2, -0.15) is 0 Å². The third-order valence-electron chi connectivity index (χ3n) is 2.84. The molecular formula is C11H18N2O3. The SMILES string of the molecule is C=CCNC(=O)N1CCCC(C)C1C(=O)O. The molecule has 90 valence electrons. The van der Waals surface area contributed by atoms with Crippen LogP contribution in [-0.4, -0.2) is 41.1 Å². The molecule has 16 heavy (non-hydrogen) atoms. The Morgan fingerprint density at radius 2 is 2.31 bits per heavy atom.